The normalized spacial score (nSPS) is 14.2. The van der Waals surface area contributed by atoms with Crippen LogP contribution in [0.3, 0.4) is 0 Å². The van der Waals surface area contributed by atoms with Gasteiger partial charge in [-0.25, -0.2) is 0 Å². The molecule has 25 heavy (non-hydrogen) atoms. The van der Waals surface area contributed by atoms with E-state index in [1.165, 1.54) is 43.0 Å². The fourth-order valence-corrected chi connectivity index (χ4v) is 3.61. The van der Waals surface area contributed by atoms with Crippen molar-refractivity contribution in [3.8, 4) is 5.69 Å². The lowest BCUT2D eigenvalue weighted by Crippen LogP contribution is -2.26. The summed E-state index contributed by atoms with van der Waals surface area (Å²) in [6.45, 7) is 2.71. The number of hydrogen-bond acceptors (Lipinski definition) is 5. The molecule has 0 bridgehead atoms. The number of thioether (sulfide) groups is 1. The molecular formula is C18H23N5OS. The largest absolute Gasteiger partial charge is 0.355 e. The maximum Gasteiger partial charge on any atom is 0.230 e. The van der Waals surface area contributed by atoms with E-state index in [-0.39, 0.29) is 5.91 Å². The Labute approximate surface area is 152 Å². The fourth-order valence-electron chi connectivity index (χ4n) is 2.90. The molecule has 0 spiro atoms. The summed E-state index contributed by atoms with van der Waals surface area (Å²) in [6, 6.07) is 7.90. The Balaban J connectivity index is 1.49. The van der Waals surface area contributed by atoms with Crippen LogP contribution in [0.1, 0.15) is 37.7 Å². The second-order valence-corrected chi connectivity index (χ2v) is 7.10. The molecule has 132 valence electrons. The van der Waals surface area contributed by atoms with Crippen LogP contribution in [-0.4, -0.2) is 38.4 Å². The van der Waals surface area contributed by atoms with Crippen molar-refractivity contribution in [1.82, 2.24) is 25.5 Å². The summed E-state index contributed by atoms with van der Waals surface area (Å²) in [5.41, 5.74) is 3.49. The van der Waals surface area contributed by atoms with Crippen LogP contribution in [0, 0.1) is 6.92 Å². The first-order valence-electron chi connectivity index (χ1n) is 8.66. The van der Waals surface area contributed by atoms with Gasteiger partial charge in [0.25, 0.3) is 0 Å². The van der Waals surface area contributed by atoms with E-state index in [0.29, 0.717) is 17.5 Å². The molecule has 3 rings (SSSR count). The molecule has 2 aromatic rings. The minimum absolute atomic E-state index is 0.0146. The summed E-state index contributed by atoms with van der Waals surface area (Å²) < 4.78 is 1.68. The van der Waals surface area contributed by atoms with Gasteiger partial charge in [0.1, 0.15) is 0 Å². The zero-order chi connectivity index (χ0) is 17.5. The Kier molecular flexibility index (Phi) is 6.22. The molecule has 0 radical (unpaired) electrons. The lowest BCUT2D eigenvalue weighted by molar-refractivity contribution is -0.118. The van der Waals surface area contributed by atoms with Crippen molar-refractivity contribution in [1.29, 1.82) is 0 Å². The molecule has 1 aromatic heterocycles. The zero-order valence-corrected chi connectivity index (χ0v) is 15.3. The third-order valence-corrected chi connectivity index (χ3v) is 5.19. The Morgan fingerprint density at radius 1 is 1.32 bits per heavy atom. The number of hydrogen-bond donors (Lipinski definition) is 1. The number of carbonyl (C=O) groups is 1. The van der Waals surface area contributed by atoms with Gasteiger partial charge in [-0.1, -0.05) is 41.6 Å². The van der Waals surface area contributed by atoms with E-state index >= 15 is 0 Å². The third-order valence-electron chi connectivity index (χ3n) is 4.27. The van der Waals surface area contributed by atoms with Crippen LogP contribution < -0.4 is 5.32 Å². The Morgan fingerprint density at radius 3 is 3.00 bits per heavy atom. The lowest BCUT2D eigenvalue weighted by Gasteiger charge is -2.12. The molecule has 1 aliphatic carbocycles. The van der Waals surface area contributed by atoms with E-state index in [1.807, 2.05) is 31.2 Å². The van der Waals surface area contributed by atoms with E-state index in [4.69, 9.17) is 0 Å². The molecule has 6 nitrogen and oxygen atoms in total. The first kappa shape index (κ1) is 17.7. The molecule has 0 atom stereocenters. The molecule has 0 fully saturated rings. The van der Waals surface area contributed by atoms with Crippen molar-refractivity contribution in [2.75, 3.05) is 12.3 Å². The van der Waals surface area contributed by atoms with E-state index in [1.54, 1.807) is 4.68 Å². The van der Waals surface area contributed by atoms with Gasteiger partial charge < -0.3 is 5.32 Å². The summed E-state index contributed by atoms with van der Waals surface area (Å²) in [5.74, 6) is 0.325. The van der Waals surface area contributed by atoms with Crippen molar-refractivity contribution >= 4 is 17.7 Å². The van der Waals surface area contributed by atoms with Crippen molar-refractivity contribution in [2.45, 2.75) is 44.2 Å². The first-order valence-corrected chi connectivity index (χ1v) is 9.64. The highest BCUT2D eigenvalue weighted by Crippen LogP contribution is 2.21. The van der Waals surface area contributed by atoms with Crippen molar-refractivity contribution in [2.24, 2.45) is 0 Å². The molecular weight excluding hydrogens is 334 g/mol. The predicted molar refractivity (Wildman–Crippen MR) is 98.8 cm³/mol. The van der Waals surface area contributed by atoms with Crippen LogP contribution in [0.2, 0.25) is 0 Å². The van der Waals surface area contributed by atoms with Crippen molar-refractivity contribution < 1.29 is 4.79 Å². The summed E-state index contributed by atoms with van der Waals surface area (Å²) >= 11 is 1.35. The monoisotopic (exact) mass is 357 g/mol. The van der Waals surface area contributed by atoms with Gasteiger partial charge in [0.2, 0.25) is 11.1 Å². The number of benzene rings is 1. The molecule has 1 aromatic carbocycles. The van der Waals surface area contributed by atoms with Gasteiger partial charge >= 0.3 is 0 Å². The van der Waals surface area contributed by atoms with Crippen LogP contribution in [-0.2, 0) is 4.79 Å². The number of nitrogens with one attached hydrogen (secondary N) is 1. The lowest BCUT2D eigenvalue weighted by atomic mass is 9.97. The van der Waals surface area contributed by atoms with Crippen molar-refractivity contribution in [3.63, 3.8) is 0 Å². The molecule has 1 heterocycles. The van der Waals surface area contributed by atoms with E-state index < -0.39 is 0 Å². The minimum Gasteiger partial charge on any atom is -0.355 e. The van der Waals surface area contributed by atoms with Gasteiger partial charge in [-0.15, -0.1) is 5.10 Å². The number of tetrazole rings is 1. The number of allylic oxidation sites excluding steroid dienone is 1. The maximum absolute atomic E-state index is 12.1. The van der Waals surface area contributed by atoms with E-state index in [0.717, 1.165) is 17.7 Å². The number of nitrogens with zero attached hydrogens (tertiary/aromatic N) is 4. The summed E-state index contributed by atoms with van der Waals surface area (Å²) in [5, 5.41) is 15.4. The summed E-state index contributed by atoms with van der Waals surface area (Å²) in [4.78, 5) is 12.1. The van der Waals surface area contributed by atoms with Gasteiger partial charge in [-0.05, 0) is 61.1 Å². The van der Waals surface area contributed by atoms with E-state index in [2.05, 4.69) is 26.9 Å². The maximum atomic E-state index is 12.1. The summed E-state index contributed by atoms with van der Waals surface area (Å²) in [7, 11) is 0. The second kappa shape index (κ2) is 8.80. The van der Waals surface area contributed by atoms with Crippen LogP contribution >= 0.6 is 11.8 Å². The van der Waals surface area contributed by atoms with Gasteiger partial charge in [-0.3, -0.25) is 4.79 Å². The predicted octanol–water partition coefficient (Wildman–Crippen LogP) is 3.07. The fraction of sp³-hybridized carbons (Fsp3) is 0.444. The minimum atomic E-state index is 0.0146. The number of para-hydroxylation sites is 1. The highest BCUT2D eigenvalue weighted by Gasteiger charge is 2.13. The topological polar surface area (TPSA) is 72.7 Å². The van der Waals surface area contributed by atoms with Crippen LogP contribution in [0.4, 0.5) is 0 Å². The molecule has 7 heteroatoms. The second-order valence-electron chi connectivity index (χ2n) is 6.16. The quantitative estimate of drug-likeness (QED) is 0.609. The molecule has 1 amide bonds. The molecule has 0 saturated carbocycles. The number of aromatic nitrogens is 4. The van der Waals surface area contributed by atoms with Crippen LogP contribution in [0.5, 0.6) is 0 Å². The average Bonchev–Trinajstić information content (AvgIpc) is 3.10. The van der Waals surface area contributed by atoms with Gasteiger partial charge in [0.15, 0.2) is 0 Å². The first-order chi connectivity index (χ1) is 12.2. The Hall–Kier alpha value is -2.15. The highest BCUT2D eigenvalue weighted by atomic mass is 32.2. The van der Waals surface area contributed by atoms with Gasteiger partial charge in [-0.2, -0.15) is 4.68 Å². The van der Waals surface area contributed by atoms with Gasteiger partial charge in [0.05, 0.1) is 11.4 Å². The smallest absolute Gasteiger partial charge is 0.230 e. The molecule has 0 saturated heterocycles. The van der Waals surface area contributed by atoms with Gasteiger partial charge in [0, 0.05) is 6.54 Å². The van der Waals surface area contributed by atoms with Crippen LogP contribution in [0.15, 0.2) is 41.1 Å². The molecule has 1 aliphatic rings. The highest BCUT2D eigenvalue weighted by molar-refractivity contribution is 7.99. The number of carbonyl (C=O) groups excluding carboxylic acids is 1. The molecule has 0 aliphatic heterocycles. The number of amides is 1. The third kappa shape index (κ3) is 4.92. The average molecular weight is 357 g/mol. The Morgan fingerprint density at radius 2 is 2.20 bits per heavy atom. The Bertz CT molecular complexity index is 755. The zero-order valence-electron chi connectivity index (χ0n) is 14.4. The molecule has 1 N–H and O–H groups in total. The van der Waals surface area contributed by atoms with Crippen molar-refractivity contribution in [3.05, 3.63) is 41.5 Å². The summed E-state index contributed by atoms with van der Waals surface area (Å²) in [6.07, 6.45) is 8.20. The number of aryl methyl sites for hydroxylation is 1. The van der Waals surface area contributed by atoms with E-state index in [9.17, 15) is 4.79 Å². The molecule has 0 unspecified atom stereocenters. The standard InChI is InChI=1S/C18H23N5OS/c1-14-7-5-6-10-16(14)23-18(20-21-22-23)25-13-17(24)19-12-11-15-8-3-2-4-9-15/h5-8,10H,2-4,9,11-13H2,1H3,(H,19,24). The SMILES string of the molecule is Cc1ccccc1-n1nnnc1SCC(=O)NCCC1=CCCCC1. The number of rotatable bonds is 7. The van der Waals surface area contributed by atoms with Crippen LogP contribution in [0.25, 0.3) is 5.69 Å².